The number of benzene rings is 2. The molecule has 0 unspecified atom stereocenters. The van der Waals surface area contributed by atoms with Gasteiger partial charge in [-0.3, -0.25) is 9.59 Å². The molecule has 0 radical (unpaired) electrons. The Morgan fingerprint density at radius 1 is 1.13 bits per heavy atom. The summed E-state index contributed by atoms with van der Waals surface area (Å²) in [5.74, 6) is -1.35. The topological polar surface area (TPSA) is 67.4 Å². The average molecular weight is 337 g/mol. The van der Waals surface area contributed by atoms with E-state index >= 15 is 0 Å². The van der Waals surface area contributed by atoms with Crippen LogP contribution < -0.4 is 15.4 Å². The lowest BCUT2D eigenvalue weighted by molar-refractivity contribution is 0.0962. The van der Waals surface area contributed by atoms with Crippen molar-refractivity contribution in [2.75, 3.05) is 19.5 Å². The molecular formula is C16H14ClFN2O3. The van der Waals surface area contributed by atoms with Crippen LogP contribution in [0.3, 0.4) is 0 Å². The molecule has 2 amide bonds. The van der Waals surface area contributed by atoms with Crippen LogP contribution in [0.15, 0.2) is 36.4 Å². The van der Waals surface area contributed by atoms with Gasteiger partial charge in [0, 0.05) is 18.3 Å². The SMILES string of the molecule is CNC(=O)c1ccc(NC(=O)c2ccc(F)c(OC)c2)cc1Cl. The van der Waals surface area contributed by atoms with Gasteiger partial charge < -0.3 is 15.4 Å². The number of methoxy groups -OCH3 is 1. The molecule has 0 saturated heterocycles. The summed E-state index contributed by atoms with van der Waals surface area (Å²) in [6.45, 7) is 0. The Bertz CT molecular complexity index is 765. The number of nitrogens with one attached hydrogen (secondary N) is 2. The molecule has 0 aliphatic heterocycles. The van der Waals surface area contributed by atoms with Crippen molar-refractivity contribution >= 4 is 29.1 Å². The van der Waals surface area contributed by atoms with E-state index in [4.69, 9.17) is 16.3 Å². The van der Waals surface area contributed by atoms with E-state index in [2.05, 4.69) is 10.6 Å². The highest BCUT2D eigenvalue weighted by atomic mass is 35.5. The van der Waals surface area contributed by atoms with Crippen LogP contribution in [0.1, 0.15) is 20.7 Å². The highest BCUT2D eigenvalue weighted by molar-refractivity contribution is 6.34. The van der Waals surface area contributed by atoms with Gasteiger partial charge in [-0.25, -0.2) is 4.39 Å². The number of hydrogen-bond donors (Lipinski definition) is 2. The number of carbonyl (C=O) groups excluding carboxylic acids is 2. The van der Waals surface area contributed by atoms with Crippen molar-refractivity contribution in [2.24, 2.45) is 0 Å². The molecule has 2 rings (SSSR count). The van der Waals surface area contributed by atoms with E-state index in [1.54, 1.807) is 6.07 Å². The van der Waals surface area contributed by atoms with Gasteiger partial charge in [0.1, 0.15) is 0 Å². The van der Waals surface area contributed by atoms with Crippen molar-refractivity contribution in [3.8, 4) is 5.75 Å². The molecule has 0 aliphatic rings. The molecule has 5 nitrogen and oxygen atoms in total. The average Bonchev–Trinajstić information content (AvgIpc) is 2.54. The molecule has 0 aromatic heterocycles. The second-order valence-electron chi connectivity index (χ2n) is 4.58. The first-order chi connectivity index (χ1) is 11.0. The van der Waals surface area contributed by atoms with Crippen LogP contribution in [-0.4, -0.2) is 26.0 Å². The largest absolute Gasteiger partial charge is 0.494 e. The second kappa shape index (κ2) is 7.11. The summed E-state index contributed by atoms with van der Waals surface area (Å²) >= 11 is 6.02. The van der Waals surface area contributed by atoms with Crippen molar-refractivity contribution in [3.63, 3.8) is 0 Å². The Labute approximate surface area is 137 Å². The first kappa shape index (κ1) is 16.8. The van der Waals surface area contributed by atoms with Crippen LogP contribution in [0.2, 0.25) is 5.02 Å². The van der Waals surface area contributed by atoms with Crippen LogP contribution in [0.25, 0.3) is 0 Å². The van der Waals surface area contributed by atoms with Crippen LogP contribution in [0.5, 0.6) is 5.75 Å². The summed E-state index contributed by atoms with van der Waals surface area (Å²) in [7, 11) is 2.81. The Balaban J connectivity index is 2.20. The smallest absolute Gasteiger partial charge is 0.255 e. The van der Waals surface area contributed by atoms with Crippen molar-refractivity contribution in [2.45, 2.75) is 0 Å². The Morgan fingerprint density at radius 2 is 1.87 bits per heavy atom. The fraction of sp³-hybridized carbons (Fsp3) is 0.125. The van der Waals surface area contributed by atoms with E-state index in [1.165, 1.54) is 38.4 Å². The van der Waals surface area contributed by atoms with Crippen molar-refractivity contribution in [1.29, 1.82) is 0 Å². The standard InChI is InChI=1S/C16H14ClFN2O3/c1-19-16(22)11-5-4-10(8-12(11)17)20-15(21)9-3-6-13(18)14(7-9)23-2/h3-8H,1-2H3,(H,19,22)(H,20,21). The van der Waals surface area contributed by atoms with E-state index < -0.39 is 11.7 Å². The number of anilines is 1. The molecule has 0 fully saturated rings. The monoisotopic (exact) mass is 336 g/mol. The van der Waals surface area contributed by atoms with Gasteiger partial charge in [-0.1, -0.05) is 11.6 Å². The summed E-state index contributed by atoms with van der Waals surface area (Å²) in [5.41, 5.74) is 0.946. The Morgan fingerprint density at radius 3 is 2.48 bits per heavy atom. The predicted molar refractivity (Wildman–Crippen MR) is 85.7 cm³/mol. The van der Waals surface area contributed by atoms with Crippen molar-refractivity contribution < 1.29 is 18.7 Å². The fourth-order valence-electron chi connectivity index (χ4n) is 1.92. The third-order valence-corrected chi connectivity index (χ3v) is 3.42. The number of carbonyl (C=O) groups is 2. The van der Waals surface area contributed by atoms with Crippen LogP contribution in [0, 0.1) is 5.82 Å². The highest BCUT2D eigenvalue weighted by Gasteiger charge is 2.13. The highest BCUT2D eigenvalue weighted by Crippen LogP contribution is 2.23. The molecule has 2 aromatic rings. The lowest BCUT2D eigenvalue weighted by Gasteiger charge is -2.09. The van der Waals surface area contributed by atoms with Gasteiger partial charge in [-0.15, -0.1) is 0 Å². The third-order valence-electron chi connectivity index (χ3n) is 3.11. The molecular weight excluding hydrogens is 323 g/mol. The quantitative estimate of drug-likeness (QED) is 0.901. The lowest BCUT2D eigenvalue weighted by Crippen LogP contribution is -2.18. The van der Waals surface area contributed by atoms with Gasteiger partial charge in [-0.2, -0.15) is 0 Å². The van der Waals surface area contributed by atoms with Crippen LogP contribution in [0.4, 0.5) is 10.1 Å². The first-order valence-electron chi connectivity index (χ1n) is 6.62. The van der Waals surface area contributed by atoms with Crippen LogP contribution in [-0.2, 0) is 0 Å². The predicted octanol–water partition coefficient (Wildman–Crippen LogP) is 3.10. The van der Waals surface area contributed by atoms with Crippen LogP contribution >= 0.6 is 11.6 Å². The molecule has 0 saturated carbocycles. The number of rotatable bonds is 4. The Kier molecular flexibility index (Phi) is 5.18. The number of amides is 2. The van der Waals surface area contributed by atoms with Gasteiger partial charge in [0.25, 0.3) is 11.8 Å². The van der Waals surface area contributed by atoms with Gasteiger partial charge in [0.05, 0.1) is 17.7 Å². The zero-order chi connectivity index (χ0) is 17.0. The van der Waals surface area contributed by atoms with E-state index in [9.17, 15) is 14.0 Å². The maximum absolute atomic E-state index is 13.4. The summed E-state index contributed by atoms with van der Waals surface area (Å²) in [6.07, 6.45) is 0. The van der Waals surface area contributed by atoms with Crippen molar-refractivity contribution in [3.05, 3.63) is 58.4 Å². The molecule has 23 heavy (non-hydrogen) atoms. The molecule has 0 heterocycles. The molecule has 2 N–H and O–H groups in total. The van der Waals surface area contributed by atoms with E-state index in [0.29, 0.717) is 11.3 Å². The van der Waals surface area contributed by atoms with Gasteiger partial charge in [-0.05, 0) is 36.4 Å². The molecule has 120 valence electrons. The maximum Gasteiger partial charge on any atom is 0.255 e. The Hall–Kier alpha value is -2.60. The normalized spacial score (nSPS) is 10.1. The van der Waals surface area contributed by atoms with Gasteiger partial charge in [0.15, 0.2) is 11.6 Å². The summed E-state index contributed by atoms with van der Waals surface area (Å²) in [5, 5.41) is 5.29. The summed E-state index contributed by atoms with van der Waals surface area (Å²) in [4.78, 5) is 23.7. The molecule has 0 spiro atoms. The molecule has 0 bridgehead atoms. The van der Waals surface area contributed by atoms with E-state index in [1.807, 2.05) is 0 Å². The third kappa shape index (κ3) is 3.78. The summed E-state index contributed by atoms with van der Waals surface area (Å²) < 4.78 is 18.2. The first-order valence-corrected chi connectivity index (χ1v) is 7.00. The lowest BCUT2D eigenvalue weighted by atomic mass is 10.1. The molecule has 0 aliphatic carbocycles. The van der Waals surface area contributed by atoms with E-state index in [0.717, 1.165) is 6.07 Å². The molecule has 2 aromatic carbocycles. The minimum absolute atomic E-state index is 0.0225. The van der Waals surface area contributed by atoms with Gasteiger partial charge in [0.2, 0.25) is 0 Å². The molecule has 7 heteroatoms. The minimum atomic E-state index is -0.554. The number of halogens is 2. The van der Waals surface area contributed by atoms with E-state index in [-0.39, 0.29) is 22.2 Å². The number of ether oxygens (including phenoxy) is 1. The minimum Gasteiger partial charge on any atom is -0.494 e. The summed E-state index contributed by atoms with van der Waals surface area (Å²) in [6, 6.07) is 8.30. The second-order valence-corrected chi connectivity index (χ2v) is 4.98. The molecule has 0 atom stereocenters. The zero-order valence-electron chi connectivity index (χ0n) is 12.4. The fourth-order valence-corrected chi connectivity index (χ4v) is 2.18. The zero-order valence-corrected chi connectivity index (χ0v) is 13.2. The van der Waals surface area contributed by atoms with Crippen molar-refractivity contribution in [1.82, 2.24) is 5.32 Å². The van der Waals surface area contributed by atoms with Gasteiger partial charge >= 0.3 is 0 Å². The maximum atomic E-state index is 13.4. The number of hydrogen-bond acceptors (Lipinski definition) is 3.